The highest BCUT2D eigenvalue weighted by Crippen LogP contribution is 2.39. The number of hydrogen-bond acceptors (Lipinski definition) is 2. The number of pyridine rings is 1. The van der Waals surface area contributed by atoms with Crippen LogP contribution in [0.25, 0.3) is 5.65 Å². The van der Waals surface area contributed by atoms with Gasteiger partial charge in [0.1, 0.15) is 0 Å². The molecule has 1 fully saturated rings. The summed E-state index contributed by atoms with van der Waals surface area (Å²) in [5.41, 5.74) is 0.286. The molecule has 0 atom stereocenters. The Balaban J connectivity index is 2.21. The molecule has 0 aliphatic heterocycles. The number of aromatic nitrogens is 3. The molecular formula is C10H8F3N3O. The van der Waals surface area contributed by atoms with E-state index in [9.17, 15) is 18.0 Å². The Morgan fingerprint density at radius 3 is 2.65 bits per heavy atom. The van der Waals surface area contributed by atoms with Crippen LogP contribution in [0.15, 0.2) is 16.9 Å². The van der Waals surface area contributed by atoms with Crippen LogP contribution in [0, 0.1) is 0 Å². The first-order valence-corrected chi connectivity index (χ1v) is 5.15. The van der Waals surface area contributed by atoms with Crippen molar-refractivity contribution in [3.8, 4) is 0 Å². The third-order valence-corrected chi connectivity index (χ3v) is 2.80. The monoisotopic (exact) mass is 243 g/mol. The van der Waals surface area contributed by atoms with Crippen LogP contribution in [0.5, 0.6) is 0 Å². The zero-order valence-electron chi connectivity index (χ0n) is 8.58. The molecular weight excluding hydrogens is 235 g/mol. The quantitative estimate of drug-likeness (QED) is 0.831. The van der Waals surface area contributed by atoms with Crippen LogP contribution in [0.2, 0.25) is 0 Å². The second-order valence-electron chi connectivity index (χ2n) is 4.16. The number of nitrogens with one attached hydrogen (secondary N) is 1. The lowest BCUT2D eigenvalue weighted by atomic mass is 10.2. The van der Waals surface area contributed by atoms with Gasteiger partial charge < -0.3 is 0 Å². The van der Waals surface area contributed by atoms with E-state index in [0.717, 1.165) is 22.9 Å². The van der Waals surface area contributed by atoms with Crippen molar-refractivity contribution in [3.05, 3.63) is 33.9 Å². The molecule has 90 valence electrons. The SMILES string of the molecule is O=c1cc(C2CC2)cc2nc(C(F)(F)F)[nH]n12. The topological polar surface area (TPSA) is 50.2 Å². The summed E-state index contributed by atoms with van der Waals surface area (Å²) in [6.45, 7) is 0. The standard InChI is InChI=1S/C10H8F3N3O/c11-10(12,13)9-14-7-3-6(5-1-2-5)4-8(17)16(7)15-9/h3-5H,1-2H2,(H,14,15). The van der Waals surface area contributed by atoms with Gasteiger partial charge in [-0.15, -0.1) is 0 Å². The Morgan fingerprint density at radius 2 is 2.06 bits per heavy atom. The van der Waals surface area contributed by atoms with E-state index in [4.69, 9.17) is 0 Å². The Bertz CT molecular complexity index is 636. The lowest BCUT2D eigenvalue weighted by Gasteiger charge is -1.98. The summed E-state index contributed by atoms with van der Waals surface area (Å²) < 4.78 is 38.1. The third-order valence-electron chi connectivity index (χ3n) is 2.80. The number of rotatable bonds is 1. The molecule has 0 spiro atoms. The Hall–Kier alpha value is -1.79. The molecule has 2 heterocycles. The molecule has 0 radical (unpaired) electrons. The van der Waals surface area contributed by atoms with Crippen molar-refractivity contribution in [3.63, 3.8) is 0 Å². The van der Waals surface area contributed by atoms with E-state index in [1.807, 2.05) is 5.10 Å². The van der Waals surface area contributed by atoms with Crippen molar-refractivity contribution < 1.29 is 13.2 Å². The van der Waals surface area contributed by atoms with Crippen LogP contribution in [0.4, 0.5) is 13.2 Å². The molecule has 1 aliphatic carbocycles. The van der Waals surface area contributed by atoms with Gasteiger partial charge in [0.15, 0.2) is 5.65 Å². The van der Waals surface area contributed by atoms with E-state index >= 15 is 0 Å². The van der Waals surface area contributed by atoms with Gasteiger partial charge in [-0.25, -0.2) is 4.98 Å². The number of alkyl halides is 3. The second kappa shape index (κ2) is 3.12. The number of hydrogen-bond donors (Lipinski definition) is 1. The third kappa shape index (κ3) is 1.71. The Morgan fingerprint density at radius 1 is 1.35 bits per heavy atom. The molecule has 1 N–H and O–H groups in total. The molecule has 2 aromatic rings. The fraction of sp³-hybridized carbons (Fsp3) is 0.400. The Labute approximate surface area is 93.1 Å². The van der Waals surface area contributed by atoms with Gasteiger partial charge >= 0.3 is 6.18 Å². The van der Waals surface area contributed by atoms with E-state index in [0.29, 0.717) is 5.92 Å². The zero-order valence-corrected chi connectivity index (χ0v) is 8.58. The zero-order chi connectivity index (χ0) is 12.2. The smallest absolute Gasteiger partial charge is 0.269 e. The summed E-state index contributed by atoms with van der Waals surface area (Å²) in [4.78, 5) is 15.0. The molecule has 0 bridgehead atoms. The first kappa shape index (κ1) is 10.4. The maximum atomic E-state index is 12.4. The van der Waals surface area contributed by atoms with Crippen molar-refractivity contribution in [2.75, 3.05) is 0 Å². The summed E-state index contributed by atoms with van der Waals surface area (Å²) in [5.74, 6) is -0.846. The summed E-state index contributed by atoms with van der Waals surface area (Å²) in [6, 6.07) is 2.90. The first-order valence-electron chi connectivity index (χ1n) is 5.15. The van der Waals surface area contributed by atoms with Crippen LogP contribution >= 0.6 is 0 Å². The number of H-pyrrole nitrogens is 1. The van der Waals surface area contributed by atoms with Crippen LogP contribution in [-0.2, 0) is 6.18 Å². The normalized spacial score (nSPS) is 16.6. The summed E-state index contributed by atoms with van der Waals surface area (Å²) >= 11 is 0. The minimum atomic E-state index is -4.57. The average molecular weight is 243 g/mol. The molecule has 3 rings (SSSR count). The van der Waals surface area contributed by atoms with Crippen LogP contribution in [-0.4, -0.2) is 14.6 Å². The molecule has 0 unspecified atom stereocenters. The van der Waals surface area contributed by atoms with Crippen LogP contribution < -0.4 is 5.56 Å². The highest BCUT2D eigenvalue weighted by atomic mass is 19.4. The van der Waals surface area contributed by atoms with Gasteiger partial charge in [0.2, 0.25) is 5.82 Å². The summed E-state index contributed by atoms with van der Waals surface area (Å²) in [5, 5.41) is 1.96. The van der Waals surface area contributed by atoms with Gasteiger partial charge in [0.25, 0.3) is 5.56 Å². The number of nitrogens with zero attached hydrogens (tertiary/aromatic N) is 2. The largest absolute Gasteiger partial charge is 0.451 e. The van der Waals surface area contributed by atoms with E-state index < -0.39 is 17.6 Å². The lowest BCUT2D eigenvalue weighted by molar-refractivity contribution is -0.144. The average Bonchev–Trinajstić information content (AvgIpc) is 2.96. The van der Waals surface area contributed by atoms with Gasteiger partial charge in [0.05, 0.1) is 0 Å². The number of fused-ring (bicyclic) bond motifs is 1. The lowest BCUT2D eigenvalue weighted by Crippen LogP contribution is -2.14. The van der Waals surface area contributed by atoms with Crippen molar-refractivity contribution >= 4 is 5.65 Å². The summed E-state index contributed by atoms with van der Waals surface area (Å²) in [6.07, 6.45) is -2.61. The maximum absolute atomic E-state index is 12.4. The van der Waals surface area contributed by atoms with E-state index in [-0.39, 0.29) is 5.65 Å². The van der Waals surface area contributed by atoms with Crippen molar-refractivity contribution in [1.82, 2.24) is 14.6 Å². The van der Waals surface area contributed by atoms with Gasteiger partial charge in [-0.05, 0) is 30.4 Å². The number of aromatic amines is 1. The minimum absolute atomic E-state index is 0.0201. The van der Waals surface area contributed by atoms with Crippen LogP contribution in [0.3, 0.4) is 0 Å². The van der Waals surface area contributed by atoms with Crippen molar-refractivity contribution in [2.45, 2.75) is 24.9 Å². The predicted octanol–water partition coefficient (Wildman–Crippen LogP) is 1.92. The highest BCUT2D eigenvalue weighted by molar-refractivity contribution is 5.43. The molecule has 0 amide bonds. The van der Waals surface area contributed by atoms with Gasteiger partial charge in [0, 0.05) is 6.07 Å². The minimum Gasteiger partial charge on any atom is -0.269 e. The molecule has 0 saturated heterocycles. The van der Waals surface area contributed by atoms with E-state index in [1.165, 1.54) is 12.1 Å². The first-order chi connectivity index (χ1) is 7.95. The van der Waals surface area contributed by atoms with Crippen LogP contribution in [0.1, 0.15) is 30.1 Å². The number of halogens is 3. The maximum Gasteiger partial charge on any atom is 0.451 e. The molecule has 17 heavy (non-hydrogen) atoms. The Kier molecular flexibility index (Phi) is 1.90. The predicted molar refractivity (Wildman–Crippen MR) is 52.8 cm³/mol. The fourth-order valence-corrected chi connectivity index (χ4v) is 1.79. The second-order valence-corrected chi connectivity index (χ2v) is 4.16. The van der Waals surface area contributed by atoms with E-state index in [2.05, 4.69) is 4.98 Å². The van der Waals surface area contributed by atoms with Crippen molar-refractivity contribution in [1.29, 1.82) is 0 Å². The molecule has 4 nitrogen and oxygen atoms in total. The van der Waals surface area contributed by atoms with Gasteiger partial charge in [-0.2, -0.15) is 17.7 Å². The molecule has 7 heteroatoms. The fourth-order valence-electron chi connectivity index (χ4n) is 1.79. The molecule has 0 aromatic carbocycles. The van der Waals surface area contributed by atoms with Gasteiger partial charge in [-0.3, -0.25) is 9.89 Å². The molecule has 1 aliphatic rings. The summed E-state index contributed by atoms with van der Waals surface area (Å²) in [7, 11) is 0. The van der Waals surface area contributed by atoms with E-state index in [1.54, 1.807) is 0 Å². The van der Waals surface area contributed by atoms with Gasteiger partial charge in [-0.1, -0.05) is 0 Å². The molecule has 2 aromatic heterocycles. The highest BCUT2D eigenvalue weighted by Gasteiger charge is 2.35. The van der Waals surface area contributed by atoms with Crippen molar-refractivity contribution in [2.24, 2.45) is 0 Å². The molecule has 1 saturated carbocycles.